The van der Waals surface area contributed by atoms with Crippen LogP contribution in [0.3, 0.4) is 0 Å². The fraction of sp³-hybridized carbons (Fsp3) is 0.875. The van der Waals surface area contributed by atoms with Crippen LogP contribution in [0, 0.1) is 0 Å². The van der Waals surface area contributed by atoms with E-state index in [9.17, 15) is 4.79 Å². The van der Waals surface area contributed by atoms with Gasteiger partial charge in [0, 0.05) is 0 Å². The van der Waals surface area contributed by atoms with Gasteiger partial charge in [0.05, 0.1) is 12.7 Å². The van der Waals surface area contributed by atoms with Crippen molar-refractivity contribution in [3.8, 4) is 0 Å². The number of carbonyl (C=O) groups excluding carboxylic acids is 1. The van der Waals surface area contributed by atoms with Gasteiger partial charge in [0.1, 0.15) is 0 Å². The molecule has 3 nitrogen and oxygen atoms in total. The molecule has 0 unspecified atom stereocenters. The van der Waals surface area contributed by atoms with Gasteiger partial charge in [-0.2, -0.15) is 0 Å². The lowest BCUT2D eigenvalue weighted by molar-refractivity contribution is -0.156. The first-order chi connectivity index (χ1) is 5.05. The molecule has 1 saturated heterocycles. The molecule has 1 aliphatic rings. The minimum atomic E-state index is -0.338. The Morgan fingerprint density at radius 1 is 1.64 bits per heavy atom. The summed E-state index contributed by atoms with van der Waals surface area (Å²) in [5, 5.41) is 0. The average Bonchev–Trinajstić information content (AvgIpc) is 2.29. The Hall–Kier alpha value is -0.570. The van der Waals surface area contributed by atoms with Gasteiger partial charge in [0.25, 0.3) is 0 Å². The zero-order valence-corrected chi connectivity index (χ0v) is 7.22. The number of carbonyl (C=O) groups is 1. The van der Waals surface area contributed by atoms with E-state index in [1.807, 2.05) is 13.8 Å². The molecule has 1 fully saturated rings. The third-order valence-corrected chi connectivity index (χ3v) is 1.93. The standard InChI is InChI=1S/C8H14O3/c1-8(2)5-4-6(11-8)7(9)10-3/h6H,4-5H2,1-3H3/t6-/m1/s1. The molecule has 0 spiro atoms. The van der Waals surface area contributed by atoms with Crippen LogP contribution in [0.25, 0.3) is 0 Å². The quantitative estimate of drug-likeness (QED) is 0.536. The Balaban J connectivity index is 2.48. The summed E-state index contributed by atoms with van der Waals surface area (Å²) in [4.78, 5) is 11.0. The van der Waals surface area contributed by atoms with Gasteiger partial charge in [0.2, 0.25) is 0 Å². The van der Waals surface area contributed by atoms with E-state index >= 15 is 0 Å². The summed E-state index contributed by atoms with van der Waals surface area (Å²) in [7, 11) is 1.39. The highest BCUT2D eigenvalue weighted by molar-refractivity contribution is 5.74. The Kier molecular flexibility index (Phi) is 2.18. The zero-order valence-electron chi connectivity index (χ0n) is 7.22. The summed E-state index contributed by atoms with van der Waals surface area (Å²) in [6.45, 7) is 3.96. The van der Waals surface area contributed by atoms with Crippen molar-refractivity contribution in [1.29, 1.82) is 0 Å². The van der Waals surface area contributed by atoms with E-state index in [-0.39, 0.29) is 17.7 Å². The minimum absolute atomic E-state index is 0.154. The molecule has 0 bridgehead atoms. The Morgan fingerprint density at radius 2 is 2.27 bits per heavy atom. The third-order valence-electron chi connectivity index (χ3n) is 1.93. The predicted molar refractivity (Wildman–Crippen MR) is 40.2 cm³/mol. The average molecular weight is 158 g/mol. The van der Waals surface area contributed by atoms with Crippen LogP contribution in [0.15, 0.2) is 0 Å². The fourth-order valence-electron chi connectivity index (χ4n) is 1.28. The molecule has 11 heavy (non-hydrogen) atoms. The van der Waals surface area contributed by atoms with Crippen LogP contribution in [0.5, 0.6) is 0 Å². The molecule has 64 valence electrons. The Morgan fingerprint density at radius 3 is 2.64 bits per heavy atom. The Labute approximate surface area is 66.7 Å². The van der Waals surface area contributed by atoms with Crippen molar-refractivity contribution in [3.63, 3.8) is 0 Å². The van der Waals surface area contributed by atoms with Gasteiger partial charge in [0.15, 0.2) is 6.10 Å². The number of esters is 1. The van der Waals surface area contributed by atoms with Crippen molar-refractivity contribution in [3.05, 3.63) is 0 Å². The summed E-state index contributed by atoms with van der Waals surface area (Å²) in [5.74, 6) is -0.254. The molecule has 0 aliphatic carbocycles. The maximum absolute atomic E-state index is 11.0. The molecule has 0 aromatic carbocycles. The number of rotatable bonds is 1. The molecule has 0 N–H and O–H groups in total. The second-order valence-electron chi connectivity index (χ2n) is 3.43. The van der Waals surface area contributed by atoms with Crippen molar-refractivity contribution >= 4 is 5.97 Å². The third kappa shape index (κ3) is 1.93. The van der Waals surface area contributed by atoms with E-state index in [2.05, 4.69) is 4.74 Å². The first-order valence-corrected chi connectivity index (χ1v) is 3.81. The summed E-state index contributed by atoms with van der Waals surface area (Å²) in [5.41, 5.74) is -0.154. The van der Waals surface area contributed by atoms with Gasteiger partial charge < -0.3 is 9.47 Å². The lowest BCUT2D eigenvalue weighted by atomic mass is 10.1. The summed E-state index contributed by atoms with van der Waals surface area (Å²) in [6.07, 6.45) is 1.36. The lowest BCUT2D eigenvalue weighted by Gasteiger charge is -2.17. The zero-order chi connectivity index (χ0) is 8.48. The predicted octanol–water partition coefficient (Wildman–Crippen LogP) is 1.12. The van der Waals surface area contributed by atoms with Crippen molar-refractivity contribution in [1.82, 2.24) is 0 Å². The summed E-state index contributed by atoms with van der Waals surface area (Å²) < 4.78 is 9.99. The largest absolute Gasteiger partial charge is 0.467 e. The fourth-order valence-corrected chi connectivity index (χ4v) is 1.28. The van der Waals surface area contributed by atoms with E-state index in [4.69, 9.17) is 4.74 Å². The van der Waals surface area contributed by atoms with Crippen LogP contribution in [-0.4, -0.2) is 24.8 Å². The van der Waals surface area contributed by atoms with Crippen molar-refractivity contribution < 1.29 is 14.3 Å². The second kappa shape index (κ2) is 2.81. The molecular weight excluding hydrogens is 144 g/mol. The van der Waals surface area contributed by atoms with Crippen LogP contribution in [0.4, 0.5) is 0 Å². The van der Waals surface area contributed by atoms with Gasteiger partial charge in [-0.1, -0.05) is 0 Å². The molecule has 0 radical (unpaired) electrons. The first kappa shape index (κ1) is 8.53. The van der Waals surface area contributed by atoms with E-state index in [1.54, 1.807) is 0 Å². The molecule has 1 aliphatic heterocycles. The highest BCUT2D eigenvalue weighted by Gasteiger charge is 2.36. The lowest BCUT2D eigenvalue weighted by Crippen LogP contribution is -2.26. The molecule has 0 amide bonds. The molecule has 1 heterocycles. The van der Waals surface area contributed by atoms with Crippen LogP contribution >= 0.6 is 0 Å². The van der Waals surface area contributed by atoms with Crippen LogP contribution in [0.1, 0.15) is 26.7 Å². The van der Waals surface area contributed by atoms with Crippen molar-refractivity contribution in [2.24, 2.45) is 0 Å². The second-order valence-corrected chi connectivity index (χ2v) is 3.43. The van der Waals surface area contributed by atoms with Gasteiger partial charge in [-0.3, -0.25) is 0 Å². The maximum atomic E-state index is 11.0. The van der Waals surface area contributed by atoms with Gasteiger partial charge in [-0.15, -0.1) is 0 Å². The number of methoxy groups -OCH3 is 1. The van der Waals surface area contributed by atoms with Gasteiger partial charge in [-0.25, -0.2) is 4.79 Å². The SMILES string of the molecule is COC(=O)[C@H]1CCC(C)(C)O1. The van der Waals surface area contributed by atoms with E-state index < -0.39 is 0 Å². The van der Waals surface area contributed by atoms with Gasteiger partial charge >= 0.3 is 5.97 Å². The molecule has 3 heteroatoms. The van der Waals surface area contributed by atoms with Crippen LogP contribution in [0.2, 0.25) is 0 Å². The monoisotopic (exact) mass is 158 g/mol. The van der Waals surface area contributed by atoms with E-state index in [0.29, 0.717) is 0 Å². The van der Waals surface area contributed by atoms with Crippen LogP contribution in [-0.2, 0) is 14.3 Å². The summed E-state index contributed by atoms with van der Waals surface area (Å²) in [6, 6.07) is 0. The molecule has 0 saturated carbocycles. The summed E-state index contributed by atoms with van der Waals surface area (Å²) >= 11 is 0. The normalized spacial score (nSPS) is 28.5. The molecule has 0 aromatic rings. The molecule has 0 aromatic heterocycles. The maximum Gasteiger partial charge on any atom is 0.335 e. The molecular formula is C8H14O3. The smallest absolute Gasteiger partial charge is 0.335 e. The number of hydrogen-bond donors (Lipinski definition) is 0. The highest BCUT2D eigenvalue weighted by Crippen LogP contribution is 2.29. The van der Waals surface area contributed by atoms with Crippen LogP contribution < -0.4 is 0 Å². The topological polar surface area (TPSA) is 35.5 Å². The first-order valence-electron chi connectivity index (χ1n) is 3.81. The van der Waals surface area contributed by atoms with Crippen molar-refractivity contribution in [2.45, 2.75) is 38.4 Å². The van der Waals surface area contributed by atoms with Crippen molar-refractivity contribution in [2.75, 3.05) is 7.11 Å². The number of hydrogen-bond acceptors (Lipinski definition) is 3. The molecule has 1 atom stereocenters. The highest BCUT2D eigenvalue weighted by atomic mass is 16.6. The Bertz CT molecular complexity index is 163. The van der Waals surface area contributed by atoms with Gasteiger partial charge in [-0.05, 0) is 26.7 Å². The van der Waals surface area contributed by atoms with E-state index in [1.165, 1.54) is 7.11 Å². The van der Waals surface area contributed by atoms with E-state index in [0.717, 1.165) is 12.8 Å². The minimum Gasteiger partial charge on any atom is -0.467 e. The molecule has 1 rings (SSSR count). The number of ether oxygens (including phenoxy) is 2.